The van der Waals surface area contributed by atoms with Gasteiger partial charge in [-0.3, -0.25) is 0 Å². The zero-order valence-electron chi connectivity index (χ0n) is 11.0. The first-order chi connectivity index (χ1) is 10.3. The SMILES string of the molecule is O=C1OC(=O)c2c1c(-c1ccccc1)cc1ccccc21. The predicted molar refractivity (Wildman–Crippen MR) is 79.1 cm³/mol. The van der Waals surface area contributed by atoms with Gasteiger partial charge in [0, 0.05) is 0 Å². The largest absolute Gasteiger partial charge is 0.386 e. The maximum absolute atomic E-state index is 12.1. The van der Waals surface area contributed by atoms with E-state index in [-0.39, 0.29) is 0 Å². The van der Waals surface area contributed by atoms with Gasteiger partial charge in [0.1, 0.15) is 0 Å². The first-order valence-corrected chi connectivity index (χ1v) is 6.63. The molecule has 1 heterocycles. The molecule has 3 heteroatoms. The average Bonchev–Trinajstić information content (AvgIpc) is 2.83. The van der Waals surface area contributed by atoms with Crippen LogP contribution in [0, 0.1) is 0 Å². The summed E-state index contributed by atoms with van der Waals surface area (Å²) < 4.78 is 4.82. The quantitative estimate of drug-likeness (QED) is 0.500. The number of hydrogen-bond acceptors (Lipinski definition) is 3. The minimum Gasteiger partial charge on any atom is -0.386 e. The van der Waals surface area contributed by atoms with Crippen molar-refractivity contribution >= 4 is 22.7 Å². The molecule has 0 unspecified atom stereocenters. The molecule has 0 saturated heterocycles. The Morgan fingerprint density at radius 2 is 1.38 bits per heavy atom. The molecule has 0 bridgehead atoms. The first-order valence-electron chi connectivity index (χ1n) is 6.63. The fraction of sp³-hybridized carbons (Fsp3) is 0. The third kappa shape index (κ3) is 1.68. The number of carbonyl (C=O) groups is 2. The van der Waals surface area contributed by atoms with Crippen LogP contribution in [0.15, 0.2) is 60.7 Å². The zero-order valence-corrected chi connectivity index (χ0v) is 11.0. The first kappa shape index (κ1) is 11.9. The van der Waals surface area contributed by atoms with Gasteiger partial charge < -0.3 is 4.74 Å². The van der Waals surface area contributed by atoms with Crippen molar-refractivity contribution in [2.75, 3.05) is 0 Å². The smallest absolute Gasteiger partial charge is 0.347 e. The molecule has 3 nitrogen and oxygen atoms in total. The molecule has 1 aliphatic rings. The van der Waals surface area contributed by atoms with Gasteiger partial charge in [-0.15, -0.1) is 0 Å². The van der Waals surface area contributed by atoms with Crippen LogP contribution in [0.25, 0.3) is 21.9 Å². The number of benzene rings is 3. The number of fused-ring (bicyclic) bond motifs is 3. The Bertz CT molecular complexity index is 895. The Kier molecular flexibility index (Phi) is 2.42. The summed E-state index contributed by atoms with van der Waals surface area (Å²) in [4.78, 5) is 24.1. The number of carbonyl (C=O) groups excluding carboxylic acids is 2. The highest BCUT2D eigenvalue weighted by atomic mass is 16.6. The molecule has 0 aromatic heterocycles. The molecule has 0 saturated carbocycles. The van der Waals surface area contributed by atoms with E-state index in [0.717, 1.165) is 21.9 Å². The second-order valence-corrected chi connectivity index (χ2v) is 4.94. The summed E-state index contributed by atoms with van der Waals surface area (Å²) in [7, 11) is 0. The third-order valence-electron chi connectivity index (χ3n) is 3.73. The van der Waals surface area contributed by atoms with E-state index in [0.29, 0.717) is 11.1 Å². The predicted octanol–water partition coefficient (Wildman–Crippen LogP) is 3.82. The van der Waals surface area contributed by atoms with E-state index < -0.39 is 11.9 Å². The highest BCUT2D eigenvalue weighted by Crippen LogP contribution is 2.36. The van der Waals surface area contributed by atoms with Gasteiger partial charge in [0.25, 0.3) is 0 Å². The van der Waals surface area contributed by atoms with Crippen LogP contribution in [0.2, 0.25) is 0 Å². The summed E-state index contributed by atoms with van der Waals surface area (Å²) >= 11 is 0. The lowest BCUT2D eigenvalue weighted by Gasteiger charge is -2.08. The standard InChI is InChI=1S/C18H10O3/c19-17-15-13-9-5-4-8-12(13)10-14(16(15)18(20)21-17)11-6-2-1-3-7-11/h1-10H. The lowest BCUT2D eigenvalue weighted by molar-refractivity contribution is 0.0445. The topological polar surface area (TPSA) is 43.4 Å². The van der Waals surface area contributed by atoms with Gasteiger partial charge in [-0.05, 0) is 28.0 Å². The minimum absolute atomic E-state index is 0.366. The summed E-state index contributed by atoms with van der Waals surface area (Å²) in [6.07, 6.45) is 0. The fourth-order valence-corrected chi connectivity index (χ4v) is 2.80. The van der Waals surface area contributed by atoms with Crippen LogP contribution in [0.1, 0.15) is 20.7 Å². The van der Waals surface area contributed by atoms with E-state index >= 15 is 0 Å². The molecular formula is C18H10O3. The molecule has 0 amide bonds. The number of esters is 2. The van der Waals surface area contributed by atoms with Crippen LogP contribution in [0.5, 0.6) is 0 Å². The summed E-state index contributed by atoms with van der Waals surface area (Å²) in [6, 6.07) is 19.0. The fourth-order valence-electron chi connectivity index (χ4n) is 2.80. The monoisotopic (exact) mass is 274 g/mol. The van der Waals surface area contributed by atoms with E-state index in [1.54, 1.807) is 0 Å². The Labute approximate surface area is 120 Å². The normalized spacial score (nSPS) is 13.3. The Morgan fingerprint density at radius 3 is 2.19 bits per heavy atom. The van der Waals surface area contributed by atoms with Crippen molar-refractivity contribution in [3.63, 3.8) is 0 Å². The van der Waals surface area contributed by atoms with Crippen LogP contribution in [-0.4, -0.2) is 11.9 Å². The van der Waals surface area contributed by atoms with Gasteiger partial charge in [0.2, 0.25) is 0 Å². The van der Waals surface area contributed by atoms with Crippen molar-refractivity contribution in [1.82, 2.24) is 0 Å². The van der Waals surface area contributed by atoms with Crippen molar-refractivity contribution in [2.24, 2.45) is 0 Å². The van der Waals surface area contributed by atoms with Gasteiger partial charge in [-0.2, -0.15) is 0 Å². The van der Waals surface area contributed by atoms with Crippen LogP contribution in [0.3, 0.4) is 0 Å². The molecule has 0 fully saturated rings. The van der Waals surface area contributed by atoms with Crippen molar-refractivity contribution in [2.45, 2.75) is 0 Å². The minimum atomic E-state index is -0.570. The van der Waals surface area contributed by atoms with Crippen LogP contribution in [0.4, 0.5) is 0 Å². The molecule has 21 heavy (non-hydrogen) atoms. The Hall–Kier alpha value is -2.94. The second-order valence-electron chi connectivity index (χ2n) is 4.94. The molecule has 100 valence electrons. The molecule has 1 aliphatic heterocycles. The number of cyclic esters (lactones) is 2. The second kappa shape index (κ2) is 4.28. The van der Waals surface area contributed by atoms with Crippen molar-refractivity contribution in [3.05, 3.63) is 71.8 Å². The van der Waals surface area contributed by atoms with Crippen molar-refractivity contribution in [3.8, 4) is 11.1 Å². The zero-order chi connectivity index (χ0) is 14.4. The van der Waals surface area contributed by atoms with Gasteiger partial charge in [0.15, 0.2) is 0 Å². The van der Waals surface area contributed by atoms with Gasteiger partial charge in [-0.25, -0.2) is 9.59 Å². The maximum Gasteiger partial charge on any atom is 0.347 e. The third-order valence-corrected chi connectivity index (χ3v) is 3.73. The highest BCUT2D eigenvalue weighted by Gasteiger charge is 2.34. The Morgan fingerprint density at radius 1 is 0.714 bits per heavy atom. The molecule has 0 atom stereocenters. The lowest BCUT2D eigenvalue weighted by atomic mass is 9.91. The van der Waals surface area contributed by atoms with E-state index in [2.05, 4.69) is 0 Å². The number of hydrogen-bond donors (Lipinski definition) is 0. The van der Waals surface area contributed by atoms with Gasteiger partial charge >= 0.3 is 11.9 Å². The van der Waals surface area contributed by atoms with Crippen molar-refractivity contribution in [1.29, 1.82) is 0 Å². The van der Waals surface area contributed by atoms with Crippen molar-refractivity contribution < 1.29 is 14.3 Å². The summed E-state index contributed by atoms with van der Waals surface area (Å²) in [5.41, 5.74) is 2.37. The molecule has 3 aromatic rings. The van der Waals surface area contributed by atoms with Crippen LogP contribution >= 0.6 is 0 Å². The van der Waals surface area contributed by atoms with Gasteiger partial charge in [-0.1, -0.05) is 54.6 Å². The summed E-state index contributed by atoms with van der Waals surface area (Å²) in [6.45, 7) is 0. The molecule has 0 N–H and O–H groups in total. The van der Waals surface area contributed by atoms with E-state index in [1.807, 2.05) is 60.7 Å². The molecule has 0 aliphatic carbocycles. The van der Waals surface area contributed by atoms with Crippen LogP contribution < -0.4 is 0 Å². The molecule has 4 rings (SSSR count). The lowest BCUT2D eigenvalue weighted by Crippen LogP contribution is -1.98. The van der Waals surface area contributed by atoms with Gasteiger partial charge in [0.05, 0.1) is 11.1 Å². The number of ether oxygens (including phenoxy) is 1. The molecule has 0 radical (unpaired) electrons. The Balaban J connectivity index is 2.16. The molecule has 0 spiro atoms. The van der Waals surface area contributed by atoms with E-state index in [9.17, 15) is 9.59 Å². The number of rotatable bonds is 1. The summed E-state index contributed by atoms with van der Waals surface area (Å²) in [5.74, 6) is -1.14. The average molecular weight is 274 g/mol. The van der Waals surface area contributed by atoms with E-state index in [1.165, 1.54) is 0 Å². The highest BCUT2D eigenvalue weighted by molar-refractivity contribution is 6.24. The summed E-state index contributed by atoms with van der Waals surface area (Å²) in [5, 5.41) is 1.67. The van der Waals surface area contributed by atoms with E-state index in [4.69, 9.17) is 4.74 Å². The maximum atomic E-state index is 12.1. The molecular weight excluding hydrogens is 264 g/mol. The molecule has 3 aromatic carbocycles. The van der Waals surface area contributed by atoms with Crippen LogP contribution in [-0.2, 0) is 4.74 Å².